The summed E-state index contributed by atoms with van der Waals surface area (Å²) in [7, 11) is 0. The molecule has 2 aromatic rings. The van der Waals surface area contributed by atoms with Gasteiger partial charge in [-0.1, -0.05) is 31.6 Å². The van der Waals surface area contributed by atoms with Gasteiger partial charge in [-0.25, -0.2) is 4.39 Å². The Labute approximate surface area is 136 Å². The van der Waals surface area contributed by atoms with Gasteiger partial charge >= 0.3 is 0 Å². The lowest BCUT2D eigenvalue weighted by atomic mass is 10.1. The summed E-state index contributed by atoms with van der Waals surface area (Å²) in [5, 5.41) is 8.70. The molecule has 23 heavy (non-hydrogen) atoms. The standard InChI is InChI=1S/C20H18FNO/c1-2-3-4-13-23-19-11-8-16(9-12-19)5-6-17-7-10-18(15-22)20(21)14-17/h7-12,14H,2-4,13H2,1H3. The van der Waals surface area contributed by atoms with Gasteiger partial charge < -0.3 is 4.74 Å². The van der Waals surface area contributed by atoms with Crippen molar-refractivity contribution >= 4 is 0 Å². The predicted molar refractivity (Wildman–Crippen MR) is 88.6 cm³/mol. The van der Waals surface area contributed by atoms with E-state index in [-0.39, 0.29) is 5.56 Å². The molecule has 0 saturated carbocycles. The van der Waals surface area contributed by atoms with E-state index in [0.29, 0.717) is 5.56 Å². The van der Waals surface area contributed by atoms with Gasteiger partial charge in [-0.2, -0.15) is 5.26 Å². The number of benzene rings is 2. The van der Waals surface area contributed by atoms with Gasteiger partial charge in [0.05, 0.1) is 12.2 Å². The second-order valence-corrected chi connectivity index (χ2v) is 5.14. The van der Waals surface area contributed by atoms with Crippen molar-refractivity contribution in [3.63, 3.8) is 0 Å². The molecule has 0 aliphatic rings. The van der Waals surface area contributed by atoms with E-state index in [4.69, 9.17) is 10.00 Å². The molecule has 2 rings (SSSR count). The molecule has 0 aliphatic carbocycles. The lowest BCUT2D eigenvalue weighted by Gasteiger charge is -2.05. The van der Waals surface area contributed by atoms with Crippen LogP contribution in [-0.4, -0.2) is 6.61 Å². The summed E-state index contributed by atoms with van der Waals surface area (Å²) >= 11 is 0. The number of hydrogen-bond acceptors (Lipinski definition) is 2. The fourth-order valence-electron chi connectivity index (χ4n) is 2.00. The van der Waals surface area contributed by atoms with Crippen LogP contribution in [-0.2, 0) is 0 Å². The number of unbranched alkanes of at least 4 members (excludes halogenated alkanes) is 2. The summed E-state index contributed by atoms with van der Waals surface area (Å²) in [6, 6.07) is 13.7. The highest BCUT2D eigenvalue weighted by Crippen LogP contribution is 2.13. The molecule has 0 atom stereocenters. The topological polar surface area (TPSA) is 33.0 Å². The number of ether oxygens (including phenoxy) is 1. The molecule has 0 unspecified atom stereocenters. The SMILES string of the molecule is CCCCCOc1ccc(C#Cc2ccc(C#N)c(F)c2)cc1. The van der Waals surface area contributed by atoms with Crippen LogP contribution in [0.2, 0.25) is 0 Å². The highest BCUT2D eigenvalue weighted by molar-refractivity contribution is 5.46. The largest absolute Gasteiger partial charge is 0.494 e. The summed E-state index contributed by atoms with van der Waals surface area (Å²) in [6.45, 7) is 2.89. The zero-order valence-corrected chi connectivity index (χ0v) is 13.1. The molecule has 0 radical (unpaired) electrons. The third-order valence-electron chi connectivity index (χ3n) is 3.31. The highest BCUT2D eigenvalue weighted by atomic mass is 19.1. The fraction of sp³-hybridized carbons (Fsp3) is 0.250. The molecule has 0 fully saturated rings. The minimum Gasteiger partial charge on any atom is -0.494 e. The summed E-state index contributed by atoms with van der Waals surface area (Å²) in [5.74, 6) is 6.15. The second kappa shape index (κ2) is 8.61. The van der Waals surface area contributed by atoms with Crippen LogP contribution < -0.4 is 4.74 Å². The molecule has 2 nitrogen and oxygen atoms in total. The highest BCUT2D eigenvalue weighted by Gasteiger charge is 2.00. The Balaban J connectivity index is 1.99. The van der Waals surface area contributed by atoms with Crippen LogP contribution >= 0.6 is 0 Å². The van der Waals surface area contributed by atoms with E-state index in [1.165, 1.54) is 25.0 Å². The fourth-order valence-corrected chi connectivity index (χ4v) is 2.00. The minimum absolute atomic E-state index is 0.0279. The summed E-state index contributed by atoms with van der Waals surface area (Å²) in [6.07, 6.45) is 3.40. The summed E-state index contributed by atoms with van der Waals surface area (Å²) in [4.78, 5) is 0. The quantitative estimate of drug-likeness (QED) is 0.594. The third kappa shape index (κ3) is 5.16. The van der Waals surface area contributed by atoms with Gasteiger partial charge in [-0.3, -0.25) is 0 Å². The number of hydrogen-bond donors (Lipinski definition) is 0. The molecular weight excluding hydrogens is 289 g/mol. The molecule has 0 N–H and O–H groups in total. The van der Waals surface area contributed by atoms with Gasteiger partial charge in [0, 0.05) is 11.1 Å². The molecule has 0 spiro atoms. The van der Waals surface area contributed by atoms with Crippen molar-refractivity contribution in [2.75, 3.05) is 6.61 Å². The Morgan fingerprint density at radius 1 is 1.00 bits per heavy atom. The molecule has 0 saturated heterocycles. The Bertz CT molecular complexity index is 748. The number of nitrogens with zero attached hydrogens (tertiary/aromatic N) is 1. The molecular formula is C20H18FNO. The van der Waals surface area contributed by atoms with Gasteiger partial charge in [0.2, 0.25) is 0 Å². The maximum atomic E-state index is 13.5. The second-order valence-electron chi connectivity index (χ2n) is 5.14. The first kappa shape index (κ1) is 16.6. The van der Waals surface area contributed by atoms with Crippen LogP contribution in [0.4, 0.5) is 4.39 Å². The van der Waals surface area contributed by atoms with Crippen LogP contribution in [0.15, 0.2) is 42.5 Å². The van der Waals surface area contributed by atoms with Gasteiger partial charge in [0.25, 0.3) is 0 Å². The van der Waals surface area contributed by atoms with Crippen molar-refractivity contribution < 1.29 is 9.13 Å². The molecule has 116 valence electrons. The minimum atomic E-state index is -0.546. The average molecular weight is 307 g/mol. The average Bonchev–Trinajstić information content (AvgIpc) is 2.58. The van der Waals surface area contributed by atoms with Crippen molar-refractivity contribution in [1.29, 1.82) is 5.26 Å². The number of rotatable bonds is 5. The van der Waals surface area contributed by atoms with E-state index in [1.807, 2.05) is 24.3 Å². The van der Waals surface area contributed by atoms with Crippen molar-refractivity contribution in [1.82, 2.24) is 0 Å². The first-order valence-corrected chi connectivity index (χ1v) is 7.67. The predicted octanol–water partition coefficient (Wildman–Crippen LogP) is 4.67. The molecule has 0 aromatic heterocycles. The van der Waals surface area contributed by atoms with Crippen LogP contribution in [0.5, 0.6) is 5.75 Å². The van der Waals surface area contributed by atoms with Crippen LogP contribution in [0.1, 0.15) is 42.9 Å². The first-order chi connectivity index (χ1) is 11.2. The molecule has 2 aromatic carbocycles. The number of halogens is 1. The smallest absolute Gasteiger partial charge is 0.142 e. The lowest BCUT2D eigenvalue weighted by Crippen LogP contribution is -1.96. The van der Waals surface area contributed by atoms with Crippen LogP contribution in [0, 0.1) is 29.0 Å². The molecule has 0 amide bonds. The van der Waals surface area contributed by atoms with Gasteiger partial charge in [-0.05, 0) is 48.9 Å². The Morgan fingerprint density at radius 3 is 2.35 bits per heavy atom. The summed E-state index contributed by atoms with van der Waals surface area (Å²) < 4.78 is 19.1. The van der Waals surface area contributed by atoms with E-state index in [0.717, 1.165) is 24.3 Å². The Morgan fingerprint density at radius 2 is 1.70 bits per heavy atom. The Kier molecular flexibility index (Phi) is 6.21. The van der Waals surface area contributed by atoms with E-state index in [2.05, 4.69) is 18.8 Å². The molecule has 0 heterocycles. The Hall–Kier alpha value is -2.78. The zero-order valence-electron chi connectivity index (χ0n) is 13.1. The van der Waals surface area contributed by atoms with Gasteiger partial charge in [-0.15, -0.1) is 0 Å². The van der Waals surface area contributed by atoms with Crippen LogP contribution in [0.3, 0.4) is 0 Å². The normalized spacial score (nSPS) is 9.61. The van der Waals surface area contributed by atoms with Gasteiger partial charge in [0.15, 0.2) is 0 Å². The maximum Gasteiger partial charge on any atom is 0.142 e. The van der Waals surface area contributed by atoms with Crippen molar-refractivity contribution in [2.45, 2.75) is 26.2 Å². The third-order valence-corrected chi connectivity index (χ3v) is 3.31. The monoisotopic (exact) mass is 307 g/mol. The molecule has 0 bridgehead atoms. The first-order valence-electron chi connectivity index (χ1n) is 7.67. The molecule has 3 heteroatoms. The number of nitriles is 1. The van der Waals surface area contributed by atoms with E-state index in [1.54, 1.807) is 12.1 Å². The van der Waals surface area contributed by atoms with E-state index >= 15 is 0 Å². The van der Waals surface area contributed by atoms with E-state index < -0.39 is 5.82 Å². The maximum absolute atomic E-state index is 13.5. The van der Waals surface area contributed by atoms with E-state index in [9.17, 15) is 4.39 Å². The summed E-state index contributed by atoms with van der Waals surface area (Å²) in [5.41, 5.74) is 1.40. The zero-order chi connectivity index (χ0) is 16.5. The molecule has 0 aliphatic heterocycles. The van der Waals surface area contributed by atoms with Crippen molar-refractivity contribution in [2.24, 2.45) is 0 Å². The van der Waals surface area contributed by atoms with Crippen molar-refractivity contribution in [3.05, 3.63) is 65.0 Å². The van der Waals surface area contributed by atoms with Crippen LogP contribution in [0.25, 0.3) is 0 Å². The van der Waals surface area contributed by atoms with Crippen molar-refractivity contribution in [3.8, 4) is 23.7 Å². The van der Waals surface area contributed by atoms with Gasteiger partial charge in [0.1, 0.15) is 17.6 Å². The lowest BCUT2D eigenvalue weighted by molar-refractivity contribution is 0.306.